The first-order valence-corrected chi connectivity index (χ1v) is 9.37. The molecule has 27 heavy (non-hydrogen) atoms. The zero-order chi connectivity index (χ0) is 21.0. The van der Waals surface area contributed by atoms with Crippen molar-refractivity contribution in [2.24, 2.45) is 0 Å². The van der Waals surface area contributed by atoms with Crippen LogP contribution < -0.4 is 0 Å². The Morgan fingerprint density at radius 1 is 1.04 bits per heavy atom. The first-order valence-electron chi connectivity index (χ1n) is 9.00. The number of rotatable bonds is 4. The molecule has 0 amide bonds. The molecule has 1 nitrogen and oxygen atoms in total. The summed E-state index contributed by atoms with van der Waals surface area (Å²) in [7, 11) is 0. The fraction of sp³-hybridized carbons (Fsp3) is 0.409. The van der Waals surface area contributed by atoms with Crippen molar-refractivity contribution in [3.8, 4) is 0 Å². The van der Waals surface area contributed by atoms with Gasteiger partial charge in [0, 0.05) is 5.02 Å². The van der Waals surface area contributed by atoms with Crippen LogP contribution in [0.15, 0.2) is 36.4 Å². The highest BCUT2D eigenvalue weighted by atomic mass is 35.5. The highest BCUT2D eigenvalue weighted by molar-refractivity contribution is 6.30. The maximum Gasteiger partial charge on any atom is 0.416 e. The standard InChI is InChI=1S/C20H20ClF3O.C2H6/c1-5-14-6-8-16(21)11-18(14)19(4,13(3)25)17-9-7-15(10-12(17)2)20(22,23)24;1-2/h6-11H,5H2,1-4H3;1-2H3/t19-;/m1./s1. The Labute approximate surface area is 164 Å². The van der Waals surface area contributed by atoms with E-state index in [1.165, 1.54) is 13.0 Å². The van der Waals surface area contributed by atoms with Crippen molar-refractivity contribution in [3.63, 3.8) is 0 Å². The second-order valence-electron chi connectivity index (χ2n) is 6.36. The van der Waals surface area contributed by atoms with Gasteiger partial charge in [-0.25, -0.2) is 0 Å². The van der Waals surface area contributed by atoms with Gasteiger partial charge in [-0.15, -0.1) is 0 Å². The summed E-state index contributed by atoms with van der Waals surface area (Å²) in [6.45, 7) is 10.8. The monoisotopic (exact) mass is 398 g/mol. The van der Waals surface area contributed by atoms with Gasteiger partial charge >= 0.3 is 6.18 Å². The van der Waals surface area contributed by atoms with E-state index in [9.17, 15) is 18.0 Å². The quantitative estimate of drug-likeness (QED) is 0.534. The third-order valence-corrected chi connectivity index (χ3v) is 5.02. The van der Waals surface area contributed by atoms with Crippen LogP contribution in [0, 0.1) is 6.92 Å². The van der Waals surface area contributed by atoms with Crippen LogP contribution in [0.1, 0.15) is 62.4 Å². The van der Waals surface area contributed by atoms with Gasteiger partial charge in [0.05, 0.1) is 11.0 Å². The largest absolute Gasteiger partial charge is 0.416 e. The van der Waals surface area contributed by atoms with Crippen molar-refractivity contribution < 1.29 is 18.0 Å². The second-order valence-corrected chi connectivity index (χ2v) is 6.80. The highest BCUT2D eigenvalue weighted by Gasteiger charge is 2.38. The van der Waals surface area contributed by atoms with Crippen molar-refractivity contribution in [1.29, 1.82) is 0 Å². The van der Waals surface area contributed by atoms with Gasteiger partial charge < -0.3 is 0 Å². The number of hydrogen-bond acceptors (Lipinski definition) is 1. The molecule has 0 heterocycles. The Morgan fingerprint density at radius 3 is 2.07 bits per heavy atom. The number of alkyl halides is 3. The third-order valence-electron chi connectivity index (χ3n) is 4.79. The minimum atomic E-state index is -4.42. The van der Waals surface area contributed by atoms with Crippen LogP contribution in [-0.4, -0.2) is 5.78 Å². The number of benzene rings is 2. The zero-order valence-electron chi connectivity index (χ0n) is 16.6. The molecule has 0 fully saturated rings. The minimum Gasteiger partial charge on any atom is -0.299 e. The fourth-order valence-corrected chi connectivity index (χ4v) is 3.42. The SMILES string of the molecule is CC.CCc1ccc(Cl)cc1[C@](C)(C(C)=O)c1ccc(C(F)(F)F)cc1C. The summed E-state index contributed by atoms with van der Waals surface area (Å²) in [6.07, 6.45) is -3.73. The molecule has 0 saturated heterocycles. The second kappa shape index (κ2) is 8.92. The number of carbonyl (C=O) groups excluding carboxylic acids is 1. The van der Waals surface area contributed by atoms with E-state index >= 15 is 0 Å². The fourth-order valence-electron chi connectivity index (χ4n) is 3.25. The van der Waals surface area contributed by atoms with E-state index in [1.807, 2.05) is 26.8 Å². The van der Waals surface area contributed by atoms with Crippen LogP contribution >= 0.6 is 11.6 Å². The maximum atomic E-state index is 13.0. The number of ketones is 1. The molecule has 0 radical (unpaired) electrons. The Kier molecular flexibility index (Phi) is 7.67. The summed E-state index contributed by atoms with van der Waals surface area (Å²) in [5, 5.41) is 0.490. The van der Waals surface area contributed by atoms with Crippen molar-refractivity contribution in [2.75, 3.05) is 0 Å². The Morgan fingerprint density at radius 2 is 1.63 bits per heavy atom. The highest BCUT2D eigenvalue weighted by Crippen LogP contribution is 2.40. The smallest absolute Gasteiger partial charge is 0.299 e. The van der Waals surface area contributed by atoms with E-state index in [2.05, 4.69) is 0 Å². The normalized spacial score (nSPS) is 13.4. The molecule has 0 saturated carbocycles. The number of halogens is 4. The molecule has 0 bridgehead atoms. The van der Waals surface area contributed by atoms with Gasteiger partial charge in [-0.2, -0.15) is 13.2 Å². The predicted octanol–water partition coefficient (Wildman–Crippen LogP) is 7.15. The van der Waals surface area contributed by atoms with Crippen LogP contribution in [0.3, 0.4) is 0 Å². The summed E-state index contributed by atoms with van der Waals surface area (Å²) in [4.78, 5) is 12.6. The predicted molar refractivity (Wildman–Crippen MR) is 105 cm³/mol. The molecule has 5 heteroatoms. The first-order chi connectivity index (χ1) is 12.5. The Hall–Kier alpha value is -1.81. The summed E-state index contributed by atoms with van der Waals surface area (Å²) in [6, 6.07) is 8.87. The average Bonchev–Trinajstić information content (AvgIpc) is 2.61. The van der Waals surface area contributed by atoms with E-state index < -0.39 is 17.2 Å². The van der Waals surface area contributed by atoms with Crippen molar-refractivity contribution in [1.82, 2.24) is 0 Å². The molecule has 2 aromatic carbocycles. The van der Waals surface area contributed by atoms with E-state index in [-0.39, 0.29) is 5.78 Å². The van der Waals surface area contributed by atoms with Gasteiger partial charge in [-0.1, -0.05) is 44.5 Å². The molecule has 2 aromatic rings. The van der Waals surface area contributed by atoms with E-state index in [0.29, 0.717) is 22.6 Å². The molecule has 0 aliphatic rings. The van der Waals surface area contributed by atoms with Gasteiger partial charge in [0.1, 0.15) is 5.78 Å². The molecular weight excluding hydrogens is 373 g/mol. The molecule has 0 aromatic heterocycles. The number of hydrogen-bond donors (Lipinski definition) is 0. The molecule has 0 unspecified atom stereocenters. The summed E-state index contributed by atoms with van der Waals surface area (Å²) in [5.74, 6) is -0.146. The van der Waals surface area contributed by atoms with Gasteiger partial charge in [-0.3, -0.25) is 4.79 Å². The molecule has 2 rings (SSSR count). The molecule has 0 N–H and O–H groups in total. The number of aryl methyl sites for hydroxylation is 2. The van der Waals surface area contributed by atoms with E-state index in [0.717, 1.165) is 23.3 Å². The van der Waals surface area contributed by atoms with Crippen LogP contribution in [0.25, 0.3) is 0 Å². The molecule has 0 aliphatic carbocycles. The van der Waals surface area contributed by atoms with Crippen LogP contribution in [0.4, 0.5) is 13.2 Å². The lowest BCUT2D eigenvalue weighted by Gasteiger charge is -2.32. The molecular formula is C22H26ClF3O. The third kappa shape index (κ3) is 4.73. The van der Waals surface area contributed by atoms with Crippen LogP contribution in [0.2, 0.25) is 5.02 Å². The molecule has 0 aliphatic heterocycles. The van der Waals surface area contributed by atoms with E-state index in [4.69, 9.17) is 11.6 Å². The van der Waals surface area contributed by atoms with Crippen LogP contribution in [-0.2, 0) is 22.8 Å². The summed E-state index contributed by atoms with van der Waals surface area (Å²) in [5.41, 5.74) is 0.880. The molecule has 148 valence electrons. The van der Waals surface area contributed by atoms with Gasteiger partial charge in [0.2, 0.25) is 0 Å². The molecule has 0 spiro atoms. The van der Waals surface area contributed by atoms with E-state index in [1.54, 1.807) is 26.0 Å². The minimum absolute atomic E-state index is 0.146. The Balaban J connectivity index is 0.00000176. The van der Waals surface area contributed by atoms with Gasteiger partial charge in [-0.05, 0) is 73.7 Å². The average molecular weight is 399 g/mol. The first kappa shape index (κ1) is 23.2. The summed E-state index contributed by atoms with van der Waals surface area (Å²) < 4.78 is 38.9. The van der Waals surface area contributed by atoms with Crippen LogP contribution in [0.5, 0.6) is 0 Å². The van der Waals surface area contributed by atoms with Crippen molar-refractivity contribution in [2.45, 2.75) is 59.6 Å². The zero-order valence-corrected chi connectivity index (χ0v) is 17.3. The van der Waals surface area contributed by atoms with Crippen molar-refractivity contribution >= 4 is 17.4 Å². The summed E-state index contributed by atoms with van der Waals surface area (Å²) >= 11 is 6.14. The lowest BCUT2D eigenvalue weighted by molar-refractivity contribution is -0.137. The van der Waals surface area contributed by atoms with Crippen molar-refractivity contribution in [3.05, 3.63) is 69.2 Å². The van der Waals surface area contributed by atoms with Gasteiger partial charge in [0.15, 0.2) is 0 Å². The van der Waals surface area contributed by atoms with Gasteiger partial charge in [0.25, 0.3) is 0 Å². The topological polar surface area (TPSA) is 17.1 Å². The number of Topliss-reactive ketones (excluding diaryl/α,β-unsaturated/α-hetero) is 1. The molecule has 1 atom stereocenters. The Bertz CT molecular complexity index is 812. The lowest BCUT2D eigenvalue weighted by Crippen LogP contribution is -2.34. The lowest BCUT2D eigenvalue weighted by atomic mass is 9.70. The maximum absolute atomic E-state index is 13.0. The number of carbonyl (C=O) groups is 1.